The van der Waals surface area contributed by atoms with E-state index in [0.717, 1.165) is 41.9 Å². The lowest BCUT2D eigenvalue weighted by Crippen LogP contribution is -2.42. The fourth-order valence-corrected chi connectivity index (χ4v) is 3.34. The van der Waals surface area contributed by atoms with Crippen LogP contribution in [0.3, 0.4) is 0 Å². The number of halogens is 1. The largest absolute Gasteiger partial charge is 0.497 e. The molecule has 0 amide bonds. The van der Waals surface area contributed by atoms with E-state index in [1.165, 1.54) is 5.56 Å². The number of ether oxygens (including phenoxy) is 1. The molecule has 0 bridgehead atoms. The molecule has 0 aliphatic heterocycles. The molecule has 8 heteroatoms. The summed E-state index contributed by atoms with van der Waals surface area (Å²) in [6, 6.07) is 8.39. The lowest BCUT2D eigenvalue weighted by Gasteiger charge is -2.26. The van der Waals surface area contributed by atoms with Crippen molar-refractivity contribution in [3.63, 3.8) is 0 Å². The average molecular weight is 503 g/mol. The number of aliphatic imine (C=N–C) groups is 1. The first kappa shape index (κ1) is 23.6. The molecule has 150 valence electrons. The second kappa shape index (κ2) is 12.1. The lowest BCUT2D eigenvalue weighted by atomic mass is 10.1. The Labute approximate surface area is 183 Å². The number of methoxy groups -OCH3 is 1. The SMILES string of the molecule is CN=C(NCCc1csc(C)n1)NCC(c1cccc(OC)c1)N(C)C.I. The van der Waals surface area contributed by atoms with Crippen molar-refractivity contribution in [2.45, 2.75) is 19.4 Å². The molecule has 0 fully saturated rings. The fraction of sp³-hybridized carbons (Fsp3) is 0.474. The standard InChI is InChI=1S/C19H29N5OS.HI/c1-14-23-16(13-26-14)9-10-21-19(20-2)22-12-18(24(3)4)15-7-6-8-17(11-15)25-5;/h6-8,11,13,18H,9-10,12H2,1-5H3,(H2,20,21,22);1H. The number of likely N-dealkylation sites (N-methyl/N-ethyl adjacent to an activating group) is 1. The van der Waals surface area contributed by atoms with Gasteiger partial charge < -0.3 is 20.3 Å². The Morgan fingerprint density at radius 2 is 2.11 bits per heavy atom. The predicted molar refractivity (Wildman–Crippen MR) is 125 cm³/mol. The van der Waals surface area contributed by atoms with E-state index in [2.05, 4.69) is 57.1 Å². The van der Waals surface area contributed by atoms with Crippen LogP contribution in [-0.4, -0.2) is 57.2 Å². The van der Waals surface area contributed by atoms with Crippen LogP contribution < -0.4 is 15.4 Å². The van der Waals surface area contributed by atoms with Crippen molar-refractivity contribution in [1.82, 2.24) is 20.5 Å². The molecule has 2 aromatic rings. The van der Waals surface area contributed by atoms with Crippen LogP contribution in [0.25, 0.3) is 0 Å². The Bertz CT molecular complexity index is 720. The van der Waals surface area contributed by atoms with Crippen LogP contribution in [0.4, 0.5) is 0 Å². The summed E-state index contributed by atoms with van der Waals surface area (Å²) in [6.45, 7) is 3.58. The molecule has 27 heavy (non-hydrogen) atoms. The molecule has 6 nitrogen and oxygen atoms in total. The number of nitrogens with zero attached hydrogens (tertiary/aromatic N) is 3. The number of aryl methyl sites for hydroxylation is 1. The Balaban J connectivity index is 0.00000364. The van der Waals surface area contributed by atoms with E-state index < -0.39 is 0 Å². The van der Waals surface area contributed by atoms with Crippen molar-refractivity contribution >= 4 is 41.3 Å². The van der Waals surface area contributed by atoms with Gasteiger partial charge in [0.15, 0.2) is 5.96 Å². The number of aromatic nitrogens is 1. The summed E-state index contributed by atoms with van der Waals surface area (Å²) in [4.78, 5) is 11.0. The van der Waals surface area contributed by atoms with Gasteiger partial charge in [0.25, 0.3) is 0 Å². The molecule has 0 saturated carbocycles. The Morgan fingerprint density at radius 3 is 2.70 bits per heavy atom. The molecule has 1 aromatic carbocycles. The van der Waals surface area contributed by atoms with Gasteiger partial charge in [-0.15, -0.1) is 35.3 Å². The van der Waals surface area contributed by atoms with Crippen LogP contribution in [0.15, 0.2) is 34.6 Å². The molecule has 2 rings (SSSR count). The van der Waals surface area contributed by atoms with E-state index >= 15 is 0 Å². The molecule has 0 aliphatic rings. The van der Waals surface area contributed by atoms with Crippen LogP contribution in [-0.2, 0) is 6.42 Å². The smallest absolute Gasteiger partial charge is 0.191 e. The third-order valence-corrected chi connectivity index (χ3v) is 4.95. The second-order valence-electron chi connectivity index (χ2n) is 6.24. The summed E-state index contributed by atoms with van der Waals surface area (Å²) in [5, 5.41) is 9.99. The van der Waals surface area contributed by atoms with Gasteiger partial charge in [-0.05, 0) is 38.7 Å². The second-order valence-corrected chi connectivity index (χ2v) is 7.31. The van der Waals surface area contributed by atoms with Crippen molar-refractivity contribution in [1.29, 1.82) is 0 Å². The number of guanidine groups is 1. The molecular formula is C19H30IN5OS. The van der Waals surface area contributed by atoms with E-state index in [1.807, 2.05) is 19.1 Å². The van der Waals surface area contributed by atoms with Crippen LogP contribution >= 0.6 is 35.3 Å². The first-order valence-corrected chi connectivity index (χ1v) is 9.57. The molecule has 0 saturated heterocycles. The number of benzene rings is 1. The van der Waals surface area contributed by atoms with Crippen LogP contribution in [0.1, 0.15) is 22.3 Å². The van der Waals surface area contributed by atoms with Crippen molar-refractivity contribution in [2.24, 2.45) is 4.99 Å². The van der Waals surface area contributed by atoms with E-state index in [4.69, 9.17) is 4.74 Å². The monoisotopic (exact) mass is 503 g/mol. The summed E-state index contributed by atoms with van der Waals surface area (Å²) < 4.78 is 5.35. The van der Waals surface area contributed by atoms with Gasteiger partial charge in [-0.25, -0.2) is 4.98 Å². The summed E-state index contributed by atoms with van der Waals surface area (Å²) in [6.07, 6.45) is 0.887. The molecule has 0 spiro atoms. The maximum absolute atomic E-state index is 5.35. The quantitative estimate of drug-likeness (QED) is 0.330. The summed E-state index contributed by atoms with van der Waals surface area (Å²) >= 11 is 1.69. The van der Waals surface area contributed by atoms with Gasteiger partial charge in [0.2, 0.25) is 0 Å². The number of hydrogen-bond donors (Lipinski definition) is 2. The first-order valence-electron chi connectivity index (χ1n) is 8.69. The lowest BCUT2D eigenvalue weighted by molar-refractivity contribution is 0.297. The maximum atomic E-state index is 5.35. The van der Waals surface area contributed by atoms with E-state index in [1.54, 1.807) is 25.5 Å². The van der Waals surface area contributed by atoms with E-state index in [9.17, 15) is 0 Å². The number of nitrogens with one attached hydrogen (secondary N) is 2. The zero-order chi connectivity index (χ0) is 18.9. The van der Waals surface area contributed by atoms with Crippen molar-refractivity contribution in [3.8, 4) is 5.75 Å². The third kappa shape index (κ3) is 7.63. The van der Waals surface area contributed by atoms with Crippen molar-refractivity contribution < 1.29 is 4.74 Å². The van der Waals surface area contributed by atoms with Gasteiger partial charge in [0.1, 0.15) is 5.75 Å². The van der Waals surface area contributed by atoms with Gasteiger partial charge in [0.05, 0.1) is 23.9 Å². The van der Waals surface area contributed by atoms with Gasteiger partial charge in [0, 0.05) is 31.9 Å². The van der Waals surface area contributed by atoms with Gasteiger partial charge in [-0.3, -0.25) is 4.99 Å². The summed E-state index contributed by atoms with van der Waals surface area (Å²) in [5.41, 5.74) is 2.33. The van der Waals surface area contributed by atoms with Crippen LogP contribution in [0, 0.1) is 6.92 Å². The van der Waals surface area contributed by atoms with Gasteiger partial charge in [-0.1, -0.05) is 12.1 Å². The molecule has 1 heterocycles. The molecule has 0 radical (unpaired) electrons. The zero-order valence-electron chi connectivity index (χ0n) is 16.7. The topological polar surface area (TPSA) is 61.8 Å². The molecule has 1 unspecified atom stereocenters. The molecule has 0 aliphatic carbocycles. The molecule has 2 N–H and O–H groups in total. The van der Waals surface area contributed by atoms with Crippen molar-refractivity contribution in [2.75, 3.05) is 41.3 Å². The summed E-state index contributed by atoms with van der Waals surface area (Å²) in [7, 11) is 7.63. The van der Waals surface area contributed by atoms with E-state index in [-0.39, 0.29) is 30.0 Å². The Morgan fingerprint density at radius 1 is 1.33 bits per heavy atom. The van der Waals surface area contributed by atoms with E-state index in [0.29, 0.717) is 0 Å². The Kier molecular flexibility index (Phi) is 10.6. The average Bonchev–Trinajstić information content (AvgIpc) is 3.05. The zero-order valence-corrected chi connectivity index (χ0v) is 19.8. The number of hydrogen-bond acceptors (Lipinski definition) is 5. The fourth-order valence-electron chi connectivity index (χ4n) is 2.69. The normalized spacial score (nSPS) is 12.4. The van der Waals surface area contributed by atoms with Crippen molar-refractivity contribution in [3.05, 3.63) is 45.9 Å². The molecule has 1 aromatic heterocycles. The first-order chi connectivity index (χ1) is 12.5. The Hall–Kier alpha value is -1.39. The van der Waals surface area contributed by atoms with Crippen LogP contribution in [0.2, 0.25) is 0 Å². The third-order valence-electron chi connectivity index (χ3n) is 4.13. The highest BCUT2D eigenvalue weighted by Crippen LogP contribution is 2.22. The minimum absolute atomic E-state index is 0. The number of thiazole rings is 1. The molecule has 1 atom stereocenters. The maximum Gasteiger partial charge on any atom is 0.191 e. The highest BCUT2D eigenvalue weighted by molar-refractivity contribution is 14.0. The highest BCUT2D eigenvalue weighted by atomic mass is 127. The van der Waals surface area contributed by atoms with Gasteiger partial charge >= 0.3 is 0 Å². The number of rotatable bonds is 8. The molecular weight excluding hydrogens is 473 g/mol. The minimum Gasteiger partial charge on any atom is -0.497 e. The summed E-state index contributed by atoms with van der Waals surface area (Å²) in [5.74, 6) is 1.67. The highest BCUT2D eigenvalue weighted by Gasteiger charge is 2.15. The predicted octanol–water partition coefficient (Wildman–Crippen LogP) is 3.09. The van der Waals surface area contributed by atoms with Crippen LogP contribution in [0.5, 0.6) is 5.75 Å². The minimum atomic E-state index is 0. The van der Waals surface area contributed by atoms with Gasteiger partial charge in [-0.2, -0.15) is 0 Å².